The lowest BCUT2D eigenvalue weighted by atomic mass is 9.77. The van der Waals surface area contributed by atoms with Crippen LogP contribution in [0.15, 0.2) is 38.1 Å². The molecule has 4 aliphatic rings. The SMILES string of the molecule is CS(=O)(=O)NCc1csc2c1S(=O)(=O)N=C(C1=C(O)[C@@H]3[C@@H]4CC[C@@H](C4)[C@@H]3N(Cc3cc(F)c(F)c(F)c3)C1=O)N2. The van der Waals surface area contributed by atoms with E-state index in [0.717, 1.165) is 42.6 Å². The largest absolute Gasteiger partial charge is 0.511 e. The van der Waals surface area contributed by atoms with Crippen LogP contribution >= 0.6 is 11.3 Å². The van der Waals surface area contributed by atoms with E-state index in [2.05, 4.69) is 14.4 Å². The molecule has 2 aliphatic heterocycles. The fourth-order valence-electron chi connectivity index (χ4n) is 6.43. The zero-order valence-corrected chi connectivity index (χ0v) is 23.3. The maximum atomic E-state index is 14.0. The fraction of sp³-hybridized carbons (Fsp3) is 0.417. The summed E-state index contributed by atoms with van der Waals surface area (Å²) in [6.45, 7) is -0.589. The molecule has 0 spiro atoms. The van der Waals surface area contributed by atoms with Gasteiger partial charge in [-0.15, -0.1) is 15.7 Å². The minimum absolute atomic E-state index is 0.00161. The van der Waals surface area contributed by atoms with E-state index in [1.807, 2.05) is 0 Å². The highest BCUT2D eigenvalue weighted by Gasteiger charge is 2.57. The molecule has 2 bridgehead atoms. The molecule has 2 aromatic rings. The van der Waals surface area contributed by atoms with E-state index >= 15 is 0 Å². The topological polar surface area (TPSA) is 145 Å². The molecule has 3 heterocycles. The fourth-order valence-corrected chi connectivity index (χ4v) is 9.46. The van der Waals surface area contributed by atoms with Crippen LogP contribution in [0, 0.1) is 35.2 Å². The minimum atomic E-state index is -4.42. The van der Waals surface area contributed by atoms with Crippen LogP contribution in [0.2, 0.25) is 0 Å². The average Bonchev–Trinajstić information content (AvgIpc) is 3.58. The number of halogens is 3. The predicted molar refractivity (Wildman–Crippen MR) is 139 cm³/mol. The highest BCUT2D eigenvalue weighted by molar-refractivity contribution is 7.91. The number of rotatable bonds is 6. The number of thiophene rings is 1. The Kier molecular flexibility index (Phi) is 6.32. The quantitative estimate of drug-likeness (QED) is 0.423. The first-order valence-electron chi connectivity index (χ1n) is 12.3. The van der Waals surface area contributed by atoms with Gasteiger partial charge in [0.05, 0.1) is 6.26 Å². The minimum Gasteiger partial charge on any atom is -0.511 e. The molecule has 0 saturated heterocycles. The van der Waals surface area contributed by atoms with Crippen molar-refractivity contribution in [2.24, 2.45) is 22.2 Å². The molecule has 0 radical (unpaired) electrons. The maximum Gasteiger partial charge on any atom is 0.287 e. The Morgan fingerprint density at radius 2 is 1.88 bits per heavy atom. The van der Waals surface area contributed by atoms with Crippen molar-refractivity contribution in [3.63, 3.8) is 0 Å². The lowest BCUT2D eigenvalue weighted by Gasteiger charge is -2.44. The van der Waals surface area contributed by atoms with Gasteiger partial charge in [0.2, 0.25) is 10.0 Å². The summed E-state index contributed by atoms with van der Waals surface area (Å²) in [4.78, 5) is 15.0. The molecule has 2 aliphatic carbocycles. The number of anilines is 1. The molecule has 10 nitrogen and oxygen atoms in total. The number of carbonyl (C=O) groups excluding carboxylic acids is 1. The summed E-state index contributed by atoms with van der Waals surface area (Å²) in [5.74, 6) is -6.42. The zero-order valence-electron chi connectivity index (χ0n) is 20.8. The van der Waals surface area contributed by atoms with Crippen LogP contribution in [0.5, 0.6) is 0 Å². The molecule has 214 valence electrons. The summed E-state index contributed by atoms with van der Waals surface area (Å²) in [5.41, 5.74) is -0.207. The van der Waals surface area contributed by atoms with E-state index in [-0.39, 0.29) is 57.3 Å². The third-order valence-electron chi connectivity index (χ3n) is 7.96. The van der Waals surface area contributed by atoms with E-state index in [0.29, 0.717) is 6.42 Å². The van der Waals surface area contributed by atoms with Gasteiger partial charge >= 0.3 is 0 Å². The first-order valence-corrected chi connectivity index (χ1v) is 16.5. The number of aliphatic hydroxyl groups is 1. The molecule has 4 atom stereocenters. The number of benzene rings is 1. The number of nitrogens with zero attached hydrogens (tertiary/aromatic N) is 2. The van der Waals surface area contributed by atoms with Crippen molar-refractivity contribution < 1.29 is 39.9 Å². The smallest absolute Gasteiger partial charge is 0.287 e. The van der Waals surface area contributed by atoms with Crippen LogP contribution in [-0.4, -0.2) is 50.9 Å². The van der Waals surface area contributed by atoms with E-state index in [4.69, 9.17) is 0 Å². The van der Waals surface area contributed by atoms with E-state index < -0.39 is 61.2 Å². The highest BCUT2D eigenvalue weighted by Crippen LogP contribution is 2.55. The lowest BCUT2D eigenvalue weighted by molar-refractivity contribution is -0.134. The van der Waals surface area contributed by atoms with Crippen molar-refractivity contribution in [2.45, 2.75) is 43.3 Å². The first-order chi connectivity index (χ1) is 18.7. The number of hydrogen-bond donors (Lipinski definition) is 3. The van der Waals surface area contributed by atoms with Gasteiger partial charge < -0.3 is 15.3 Å². The van der Waals surface area contributed by atoms with Crippen molar-refractivity contribution in [3.05, 3.63) is 57.4 Å². The number of hydrogen-bond acceptors (Lipinski definition) is 8. The highest BCUT2D eigenvalue weighted by atomic mass is 32.2. The summed E-state index contributed by atoms with van der Waals surface area (Å²) in [5, 5.41) is 15.7. The Morgan fingerprint density at radius 3 is 2.55 bits per heavy atom. The molecular weight excluding hydrogens is 593 g/mol. The van der Waals surface area contributed by atoms with Gasteiger partial charge in [-0.25, -0.2) is 26.3 Å². The van der Waals surface area contributed by atoms with Gasteiger partial charge in [-0.05, 0) is 54.2 Å². The zero-order chi connectivity index (χ0) is 28.7. The Morgan fingerprint density at radius 1 is 1.20 bits per heavy atom. The van der Waals surface area contributed by atoms with Crippen molar-refractivity contribution in [2.75, 3.05) is 11.6 Å². The molecule has 40 heavy (non-hydrogen) atoms. The second-order valence-corrected chi connectivity index (χ2v) is 14.7. The van der Waals surface area contributed by atoms with Gasteiger partial charge in [0, 0.05) is 30.6 Å². The normalized spacial score (nSPS) is 26.9. The Hall–Kier alpha value is -2.95. The summed E-state index contributed by atoms with van der Waals surface area (Å²) in [7, 11) is -8.04. The Balaban J connectivity index is 1.40. The molecule has 16 heteroatoms. The van der Waals surface area contributed by atoms with Crippen LogP contribution in [0.4, 0.5) is 18.2 Å². The molecule has 6 rings (SSSR count). The number of nitrogens with one attached hydrogen (secondary N) is 2. The molecule has 1 amide bonds. The number of fused-ring (bicyclic) bond motifs is 6. The third-order valence-corrected chi connectivity index (χ3v) is 11.1. The number of carbonyl (C=O) groups is 1. The number of sulfonamides is 2. The second kappa shape index (κ2) is 9.29. The van der Waals surface area contributed by atoms with Gasteiger partial charge in [0.25, 0.3) is 15.9 Å². The average molecular weight is 617 g/mol. The molecule has 0 unspecified atom stereocenters. The molecular formula is C24H23F3N4O6S3. The van der Waals surface area contributed by atoms with Crippen molar-refractivity contribution in [1.29, 1.82) is 0 Å². The van der Waals surface area contributed by atoms with Crippen molar-refractivity contribution in [3.8, 4) is 0 Å². The summed E-state index contributed by atoms with van der Waals surface area (Å²) in [6, 6.07) is 1.12. The first kappa shape index (κ1) is 27.2. The van der Waals surface area contributed by atoms with Gasteiger partial charge in [0.15, 0.2) is 23.3 Å². The van der Waals surface area contributed by atoms with E-state index in [1.165, 1.54) is 10.3 Å². The van der Waals surface area contributed by atoms with Crippen LogP contribution < -0.4 is 10.0 Å². The molecule has 1 aromatic heterocycles. The second-order valence-electron chi connectivity index (χ2n) is 10.5. The van der Waals surface area contributed by atoms with Gasteiger partial charge in [-0.3, -0.25) is 4.79 Å². The van der Waals surface area contributed by atoms with Gasteiger partial charge in [-0.1, -0.05) is 0 Å². The Labute approximate surface area is 231 Å². The van der Waals surface area contributed by atoms with Gasteiger partial charge in [-0.2, -0.15) is 8.42 Å². The van der Waals surface area contributed by atoms with Crippen molar-refractivity contribution in [1.82, 2.24) is 9.62 Å². The Bertz CT molecular complexity index is 1710. The van der Waals surface area contributed by atoms with Crippen LogP contribution in [0.25, 0.3) is 0 Å². The summed E-state index contributed by atoms with van der Waals surface area (Å²) < 4.78 is 97.1. The monoisotopic (exact) mass is 616 g/mol. The summed E-state index contributed by atoms with van der Waals surface area (Å²) in [6.07, 6.45) is 3.23. The molecule has 3 N–H and O–H groups in total. The van der Waals surface area contributed by atoms with Crippen LogP contribution in [0.3, 0.4) is 0 Å². The van der Waals surface area contributed by atoms with Crippen molar-refractivity contribution >= 4 is 48.1 Å². The standard InChI is InChI=1S/C24H23F3N4O6S3/c1-39(34,35)28-7-13-9-38-23-21(13)40(36,37)30-22(29-23)17-20(32)16-11-2-3-12(6-11)19(16)31(24(17)33)8-10-4-14(25)18(27)15(26)5-10/h4-5,9,11-12,16,19,28,32H,2-3,6-8H2,1H3,(H,29,30)/t11-,12+,16-,19+/m1/s1. The summed E-state index contributed by atoms with van der Waals surface area (Å²) >= 11 is 0.961. The third kappa shape index (κ3) is 4.40. The predicted octanol–water partition coefficient (Wildman–Crippen LogP) is 3.00. The maximum absolute atomic E-state index is 14.0. The van der Waals surface area contributed by atoms with E-state index in [1.54, 1.807) is 0 Å². The lowest BCUT2D eigenvalue weighted by Crippen LogP contribution is -2.53. The molecule has 2 saturated carbocycles. The van der Waals surface area contributed by atoms with Crippen LogP contribution in [-0.2, 0) is 37.9 Å². The number of amides is 1. The number of amidine groups is 1. The van der Waals surface area contributed by atoms with Crippen LogP contribution in [0.1, 0.15) is 30.4 Å². The molecule has 2 fully saturated rings. The number of aliphatic hydroxyl groups excluding tert-OH is 1. The molecule has 1 aromatic carbocycles. The van der Waals surface area contributed by atoms with E-state index in [9.17, 15) is 39.9 Å². The van der Waals surface area contributed by atoms with Gasteiger partial charge in [0.1, 0.15) is 21.2 Å².